The van der Waals surface area contributed by atoms with Gasteiger partial charge in [-0.25, -0.2) is 0 Å². The van der Waals surface area contributed by atoms with Crippen LogP contribution in [0.5, 0.6) is 0 Å². The topological polar surface area (TPSA) is 9.23 Å². The van der Waals surface area contributed by atoms with Crippen molar-refractivity contribution in [3.8, 4) is 0 Å². The van der Waals surface area contributed by atoms with Gasteiger partial charge < -0.3 is 4.74 Å². The molecule has 0 radical (unpaired) electrons. The molecule has 0 amide bonds. The van der Waals surface area contributed by atoms with Crippen molar-refractivity contribution in [1.29, 1.82) is 0 Å². The lowest BCUT2D eigenvalue weighted by atomic mass is 9.49. The van der Waals surface area contributed by atoms with Crippen molar-refractivity contribution in [2.75, 3.05) is 13.2 Å². The molecule has 0 saturated heterocycles. The van der Waals surface area contributed by atoms with E-state index in [-0.39, 0.29) is 10.8 Å². The first-order valence-electron chi connectivity index (χ1n) is 22.2. The van der Waals surface area contributed by atoms with Crippen molar-refractivity contribution in [2.45, 2.75) is 182 Å². The van der Waals surface area contributed by atoms with Gasteiger partial charge in [0.2, 0.25) is 0 Å². The van der Waals surface area contributed by atoms with E-state index in [1.807, 2.05) is 0 Å². The van der Waals surface area contributed by atoms with Crippen LogP contribution in [0.15, 0.2) is 48.6 Å². The quantitative estimate of drug-likeness (QED) is 0.167. The fraction of sp³-hybridized carbons (Fsp3) is 0.833. The summed E-state index contributed by atoms with van der Waals surface area (Å²) in [7, 11) is 0. The molecule has 4 fully saturated rings. The van der Waals surface area contributed by atoms with Crippen molar-refractivity contribution in [3.63, 3.8) is 0 Å². The number of rotatable bonds is 14. The number of ether oxygens (including phenoxy) is 1. The molecule has 0 aromatic carbocycles. The Morgan fingerprint density at radius 3 is 1.16 bits per heavy atom. The summed E-state index contributed by atoms with van der Waals surface area (Å²) in [5, 5.41) is 0. The Balaban J connectivity index is 1.01. The molecule has 49 heavy (non-hydrogen) atoms. The van der Waals surface area contributed by atoms with E-state index < -0.39 is 0 Å². The fourth-order valence-electron chi connectivity index (χ4n) is 12.9. The molecule has 0 atom stereocenters. The fourth-order valence-corrected chi connectivity index (χ4v) is 12.9. The second-order valence-electron chi connectivity index (χ2n) is 19.0. The molecule has 1 nitrogen and oxygen atoms in total. The first kappa shape index (κ1) is 37.7. The minimum absolute atomic E-state index is 0.202. The van der Waals surface area contributed by atoms with Gasteiger partial charge in [-0.1, -0.05) is 179 Å². The average Bonchev–Trinajstić information content (AvgIpc) is 3.15. The number of hydrogen-bond acceptors (Lipinski definition) is 1. The van der Waals surface area contributed by atoms with Crippen LogP contribution in [0.25, 0.3) is 0 Å². The van der Waals surface area contributed by atoms with E-state index in [0.29, 0.717) is 22.7 Å². The molecule has 0 aromatic heterocycles. The molecule has 0 heterocycles. The van der Waals surface area contributed by atoms with Crippen LogP contribution in [0.1, 0.15) is 182 Å². The van der Waals surface area contributed by atoms with Crippen LogP contribution in [-0.2, 0) is 4.74 Å². The van der Waals surface area contributed by atoms with E-state index in [4.69, 9.17) is 4.74 Å². The van der Waals surface area contributed by atoms with E-state index in [9.17, 15) is 0 Å². The second-order valence-corrected chi connectivity index (χ2v) is 19.0. The van der Waals surface area contributed by atoms with E-state index in [2.05, 4.69) is 76.3 Å². The highest BCUT2D eigenvalue weighted by atomic mass is 16.5. The van der Waals surface area contributed by atoms with Gasteiger partial charge in [-0.15, -0.1) is 0 Å². The molecular formula is C48H78O. The summed E-state index contributed by atoms with van der Waals surface area (Å²) >= 11 is 0. The molecule has 0 aliphatic heterocycles. The number of unbranched alkanes of at least 4 members (excludes halogenated alkanes) is 2. The van der Waals surface area contributed by atoms with Crippen LogP contribution in [0.2, 0.25) is 0 Å². The third-order valence-electron chi connectivity index (χ3n) is 16.2. The van der Waals surface area contributed by atoms with Gasteiger partial charge in [0.1, 0.15) is 0 Å². The lowest BCUT2D eigenvalue weighted by Gasteiger charge is -2.56. The SMILES string of the molecule is CCCC[C@H]1CC[C@H](C2([C@]3(C)C=C[C@@H](COC[C@H]4C=C[C@](C)(C5([C@H]6CC[C@H](CCCC)CC6)CCCCC5)C=C4)C=C3)CCCCC2)CC1. The maximum atomic E-state index is 6.51. The standard InChI is InChI=1S/C48H78O/c1-5-7-15-39-17-21-43(22-18-39)47(29-11-9-12-30-47)45(3)33-25-41(26-34-45)37-49-38-42-27-35-46(4,36-28-42)48(31-13-10-14-32-48)44-23-19-40(20-24-44)16-8-6-2/h25-28,33-36,39-44H,5-24,29-32,37-38H2,1-4H3/t39-,40-,41-,42-,43-,44-,45-,46-. The van der Waals surface area contributed by atoms with Gasteiger partial charge >= 0.3 is 0 Å². The van der Waals surface area contributed by atoms with Crippen molar-refractivity contribution >= 4 is 0 Å². The summed E-state index contributed by atoms with van der Waals surface area (Å²) < 4.78 is 6.51. The summed E-state index contributed by atoms with van der Waals surface area (Å²) in [5.41, 5.74) is 1.34. The molecule has 0 aromatic rings. The van der Waals surface area contributed by atoms with E-state index in [0.717, 1.165) is 36.9 Å². The summed E-state index contributed by atoms with van der Waals surface area (Å²) in [5.74, 6) is 4.64. The van der Waals surface area contributed by atoms with Crippen molar-refractivity contribution in [1.82, 2.24) is 0 Å². The molecule has 6 aliphatic carbocycles. The van der Waals surface area contributed by atoms with Gasteiger partial charge in [-0.2, -0.15) is 0 Å². The zero-order chi connectivity index (χ0) is 34.2. The number of hydrogen-bond donors (Lipinski definition) is 0. The highest BCUT2D eigenvalue weighted by Crippen LogP contribution is 2.62. The first-order chi connectivity index (χ1) is 23.9. The third kappa shape index (κ3) is 8.28. The Morgan fingerprint density at radius 1 is 0.490 bits per heavy atom. The minimum atomic E-state index is 0.202. The second kappa shape index (κ2) is 17.2. The summed E-state index contributed by atoms with van der Waals surface area (Å²) in [6, 6.07) is 0. The Bertz CT molecular complexity index is 992. The van der Waals surface area contributed by atoms with Crippen LogP contribution in [-0.4, -0.2) is 13.2 Å². The summed E-state index contributed by atoms with van der Waals surface area (Å²) in [4.78, 5) is 0. The maximum Gasteiger partial charge on any atom is 0.0563 e. The third-order valence-corrected chi connectivity index (χ3v) is 16.2. The van der Waals surface area contributed by atoms with E-state index >= 15 is 0 Å². The van der Waals surface area contributed by atoms with Gasteiger partial charge in [0.25, 0.3) is 0 Å². The van der Waals surface area contributed by atoms with Crippen LogP contribution < -0.4 is 0 Å². The monoisotopic (exact) mass is 671 g/mol. The van der Waals surface area contributed by atoms with Crippen LogP contribution in [0, 0.1) is 57.2 Å². The lowest BCUT2D eigenvalue weighted by Crippen LogP contribution is -2.47. The Kier molecular flexibility index (Phi) is 13.2. The van der Waals surface area contributed by atoms with Crippen LogP contribution in [0.3, 0.4) is 0 Å². The molecule has 0 unspecified atom stereocenters. The Labute approximate surface area is 304 Å². The lowest BCUT2D eigenvalue weighted by molar-refractivity contribution is -0.0160. The highest BCUT2D eigenvalue weighted by molar-refractivity contribution is 5.27. The van der Waals surface area contributed by atoms with E-state index in [1.165, 1.54) is 154 Å². The largest absolute Gasteiger partial charge is 0.380 e. The minimum Gasteiger partial charge on any atom is -0.380 e. The first-order valence-corrected chi connectivity index (χ1v) is 22.2. The van der Waals surface area contributed by atoms with E-state index in [1.54, 1.807) is 0 Å². The van der Waals surface area contributed by atoms with Gasteiger partial charge in [0.15, 0.2) is 0 Å². The summed E-state index contributed by atoms with van der Waals surface area (Å²) in [6.45, 7) is 11.5. The predicted molar refractivity (Wildman–Crippen MR) is 212 cm³/mol. The Morgan fingerprint density at radius 2 is 0.837 bits per heavy atom. The summed E-state index contributed by atoms with van der Waals surface area (Å²) in [6.07, 6.45) is 55.5. The highest BCUT2D eigenvalue weighted by Gasteiger charge is 2.53. The molecule has 6 rings (SSSR count). The van der Waals surface area contributed by atoms with Gasteiger partial charge in [-0.3, -0.25) is 0 Å². The average molecular weight is 671 g/mol. The molecule has 0 N–H and O–H groups in total. The normalized spacial score (nSPS) is 38.9. The molecule has 1 heteroatoms. The smallest absolute Gasteiger partial charge is 0.0563 e. The molecule has 0 spiro atoms. The molecular weight excluding hydrogens is 593 g/mol. The zero-order valence-corrected chi connectivity index (χ0v) is 32.9. The van der Waals surface area contributed by atoms with Crippen molar-refractivity contribution in [3.05, 3.63) is 48.6 Å². The molecule has 276 valence electrons. The Hall–Kier alpha value is -1.08. The molecule has 4 saturated carbocycles. The van der Waals surface area contributed by atoms with Crippen molar-refractivity contribution in [2.24, 2.45) is 57.2 Å². The predicted octanol–water partition coefficient (Wildman–Crippen LogP) is 14.4. The van der Waals surface area contributed by atoms with Crippen LogP contribution in [0.4, 0.5) is 0 Å². The van der Waals surface area contributed by atoms with Gasteiger partial charge in [0, 0.05) is 22.7 Å². The number of allylic oxidation sites excluding steroid dienone is 4. The maximum absolute atomic E-state index is 6.51. The van der Waals surface area contributed by atoms with Gasteiger partial charge in [0.05, 0.1) is 13.2 Å². The zero-order valence-electron chi connectivity index (χ0n) is 32.9. The van der Waals surface area contributed by atoms with Crippen molar-refractivity contribution < 1.29 is 4.74 Å². The molecule has 0 bridgehead atoms. The van der Waals surface area contributed by atoms with Gasteiger partial charge in [-0.05, 0) is 85.9 Å². The van der Waals surface area contributed by atoms with Crippen LogP contribution >= 0.6 is 0 Å². The molecule has 6 aliphatic rings.